The Labute approximate surface area is 169 Å². The number of carbonyl (C=O) groups is 1. The lowest BCUT2D eigenvalue weighted by Gasteiger charge is -2.32. The van der Waals surface area contributed by atoms with Gasteiger partial charge in [-0.3, -0.25) is 14.6 Å². The van der Waals surface area contributed by atoms with E-state index in [1.54, 1.807) is 43.8 Å². The average Bonchev–Trinajstić information content (AvgIpc) is 3.44. The molecule has 2 N–H and O–H groups in total. The van der Waals surface area contributed by atoms with Gasteiger partial charge in [-0.05, 0) is 49.7 Å². The third kappa shape index (κ3) is 4.65. The SMILES string of the molecule is COc1ccc(C(=O)Nc2cn[nH]c2C2CCCN(CCn3cccn3)C2)cc1. The van der Waals surface area contributed by atoms with Crippen LogP contribution < -0.4 is 10.1 Å². The minimum Gasteiger partial charge on any atom is -0.497 e. The summed E-state index contributed by atoms with van der Waals surface area (Å²) in [5.41, 5.74) is 2.34. The monoisotopic (exact) mass is 394 g/mol. The Morgan fingerprint density at radius 2 is 2.17 bits per heavy atom. The number of aromatic amines is 1. The fraction of sp³-hybridized carbons (Fsp3) is 0.381. The van der Waals surface area contributed by atoms with E-state index in [1.807, 2.05) is 16.9 Å². The fourth-order valence-electron chi connectivity index (χ4n) is 3.81. The molecule has 0 radical (unpaired) electrons. The molecule has 152 valence electrons. The highest BCUT2D eigenvalue weighted by atomic mass is 16.5. The summed E-state index contributed by atoms with van der Waals surface area (Å²) in [5, 5.41) is 14.6. The minimum atomic E-state index is -0.151. The number of aromatic nitrogens is 4. The molecule has 0 bridgehead atoms. The van der Waals surface area contributed by atoms with Crippen LogP contribution in [0.4, 0.5) is 5.69 Å². The molecule has 1 atom stereocenters. The molecular weight excluding hydrogens is 368 g/mol. The molecule has 1 aromatic carbocycles. The van der Waals surface area contributed by atoms with E-state index in [-0.39, 0.29) is 5.91 Å². The Morgan fingerprint density at radius 3 is 2.93 bits per heavy atom. The lowest BCUT2D eigenvalue weighted by molar-refractivity contribution is 0.102. The topological polar surface area (TPSA) is 88.1 Å². The molecule has 1 fully saturated rings. The van der Waals surface area contributed by atoms with Crippen molar-refractivity contribution in [3.63, 3.8) is 0 Å². The van der Waals surface area contributed by atoms with Crippen molar-refractivity contribution in [2.75, 3.05) is 32.1 Å². The first-order valence-corrected chi connectivity index (χ1v) is 9.91. The molecule has 0 saturated carbocycles. The van der Waals surface area contributed by atoms with E-state index in [9.17, 15) is 4.79 Å². The minimum absolute atomic E-state index is 0.151. The quantitative estimate of drug-likeness (QED) is 0.643. The molecule has 0 aliphatic carbocycles. The lowest BCUT2D eigenvalue weighted by atomic mass is 9.94. The second-order valence-corrected chi connectivity index (χ2v) is 7.29. The Morgan fingerprint density at radius 1 is 1.31 bits per heavy atom. The number of carbonyl (C=O) groups excluding carboxylic acids is 1. The summed E-state index contributed by atoms with van der Waals surface area (Å²) in [5.74, 6) is 0.889. The Hall–Kier alpha value is -3.13. The van der Waals surface area contributed by atoms with E-state index in [0.717, 1.165) is 56.2 Å². The number of amides is 1. The van der Waals surface area contributed by atoms with Gasteiger partial charge >= 0.3 is 0 Å². The van der Waals surface area contributed by atoms with Gasteiger partial charge in [0, 0.05) is 37.0 Å². The largest absolute Gasteiger partial charge is 0.497 e. The van der Waals surface area contributed by atoms with Crippen LogP contribution in [-0.2, 0) is 6.54 Å². The number of methoxy groups -OCH3 is 1. The highest BCUT2D eigenvalue weighted by Crippen LogP contribution is 2.30. The van der Waals surface area contributed by atoms with Crippen LogP contribution in [0.1, 0.15) is 34.8 Å². The van der Waals surface area contributed by atoms with E-state index in [2.05, 4.69) is 25.5 Å². The Bertz CT molecular complexity index is 919. The smallest absolute Gasteiger partial charge is 0.255 e. The van der Waals surface area contributed by atoms with Crippen molar-refractivity contribution in [3.8, 4) is 5.75 Å². The number of H-pyrrole nitrogens is 1. The normalized spacial score (nSPS) is 17.2. The number of ether oxygens (including phenoxy) is 1. The maximum atomic E-state index is 12.6. The van der Waals surface area contributed by atoms with Gasteiger partial charge in [0.25, 0.3) is 5.91 Å². The summed E-state index contributed by atoms with van der Waals surface area (Å²) < 4.78 is 7.11. The zero-order chi connectivity index (χ0) is 20.1. The Balaban J connectivity index is 1.39. The van der Waals surface area contributed by atoms with Gasteiger partial charge in [0.2, 0.25) is 0 Å². The van der Waals surface area contributed by atoms with Crippen molar-refractivity contribution in [1.29, 1.82) is 0 Å². The highest BCUT2D eigenvalue weighted by Gasteiger charge is 2.25. The van der Waals surface area contributed by atoms with Crippen LogP contribution in [0, 0.1) is 0 Å². The lowest BCUT2D eigenvalue weighted by Crippen LogP contribution is -2.37. The van der Waals surface area contributed by atoms with E-state index in [4.69, 9.17) is 4.74 Å². The van der Waals surface area contributed by atoms with E-state index in [1.165, 1.54) is 0 Å². The van der Waals surface area contributed by atoms with Crippen molar-refractivity contribution in [2.24, 2.45) is 0 Å². The van der Waals surface area contributed by atoms with E-state index in [0.29, 0.717) is 11.5 Å². The standard InChI is InChI=1S/C21H26N6O2/c1-29-18-7-5-16(6-8-18)21(28)24-19-14-22-25-20(19)17-4-2-10-26(15-17)12-13-27-11-3-9-23-27/h3,5-9,11,14,17H,2,4,10,12-13,15H2,1H3,(H,22,25)(H,24,28). The molecule has 1 saturated heterocycles. The zero-order valence-electron chi connectivity index (χ0n) is 16.5. The number of nitrogens with zero attached hydrogens (tertiary/aromatic N) is 4. The molecule has 2 aromatic heterocycles. The molecule has 3 heterocycles. The summed E-state index contributed by atoms with van der Waals surface area (Å²) in [7, 11) is 1.61. The van der Waals surface area contributed by atoms with Gasteiger partial charge in [0.15, 0.2) is 0 Å². The van der Waals surface area contributed by atoms with Crippen molar-refractivity contribution in [2.45, 2.75) is 25.3 Å². The molecular formula is C21H26N6O2. The average molecular weight is 394 g/mol. The molecule has 1 amide bonds. The summed E-state index contributed by atoms with van der Waals surface area (Å²) >= 11 is 0. The number of benzene rings is 1. The highest BCUT2D eigenvalue weighted by molar-refractivity contribution is 6.04. The second-order valence-electron chi connectivity index (χ2n) is 7.29. The first-order chi connectivity index (χ1) is 14.2. The Kier molecular flexibility index (Phi) is 5.90. The van der Waals surface area contributed by atoms with Crippen LogP contribution in [0.5, 0.6) is 5.75 Å². The van der Waals surface area contributed by atoms with Crippen LogP contribution in [0.3, 0.4) is 0 Å². The predicted octanol–water partition coefficient (Wildman–Crippen LogP) is 2.75. The fourth-order valence-corrected chi connectivity index (χ4v) is 3.81. The van der Waals surface area contributed by atoms with Gasteiger partial charge < -0.3 is 15.0 Å². The maximum Gasteiger partial charge on any atom is 0.255 e. The first-order valence-electron chi connectivity index (χ1n) is 9.91. The number of likely N-dealkylation sites (tertiary alicyclic amines) is 1. The third-order valence-electron chi connectivity index (χ3n) is 5.39. The molecule has 4 rings (SSSR count). The van der Waals surface area contributed by atoms with Crippen LogP contribution in [-0.4, -0.2) is 57.5 Å². The first kappa shape index (κ1) is 19.2. The molecule has 29 heavy (non-hydrogen) atoms. The summed E-state index contributed by atoms with van der Waals surface area (Å²) in [4.78, 5) is 15.1. The van der Waals surface area contributed by atoms with Crippen LogP contribution >= 0.6 is 0 Å². The third-order valence-corrected chi connectivity index (χ3v) is 5.39. The van der Waals surface area contributed by atoms with Crippen molar-refractivity contribution < 1.29 is 9.53 Å². The molecule has 8 heteroatoms. The van der Waals surface area contributed by atoms with Gasteiger partial charge in [-0.15, -0.1) is 0 Å². The molecule has 0 spiro atoms. The van der Waals surface area contributed by atoms with Gasteiger partial charge in [-0.25, -0.2) is 0 Å². The number of nitrogens with one attached hydrogen (secondary N) is 2. The number of hydrogen-bond donors (Lipinski definition) is 2. The van der Waals surface area contributed by atoms with Crippen molar-refractivity contribution in [1.82, 2.24) is 24.9 Å². The van der Waals surface area contributed by atoms with Gasteiger partial charge in [-0.1, -0.05) is 0 Å². The summed E-state index contributed by atoms with van der Waals surface area (Å²) in [6.07, 6.45) is 7.69. The van der Waals surface area contributed by atoms with Gasteiger partial charge in [0.1, 0.15) is 5.75 Å². The van der Waals surface area contributed by atoms with Crippen molar-refractivity contribution in [3.05, 3.63) is 60.2 Å². The van der Waals surface area contributed by atoms with Crippen molar-refractivity contribution >= 4 is 11.6 Å². The number of piperidine rings is 1. The summed E-state index contributed by atoms with van der Waals surface area (Å²) in [6, 6.07) is 9.02. The second kappa shape index (κ2) is 8.91. The molecule has 1 aliphatic rings. The van der Waals surface area contributed by atoms with Crippen LogP contribution in [0.15, 0.2) is 48.9 Å². The predicted molar refractivity (Wildman–Crippen MR) is 110 cm³/mol. The van der Waals surface area contributed by atoms with E-state index < -0.39 is 0 Å². The molecule has 3 aromatic rings. The summed E-state index contributed by atoms with van der Waals surface area (Å²) in [6.45, 7) is 3.86. The number of rotatable bonds is 7. The van der Waals surface area contributed by atoms with Crippen LogP contribution in [0.2, 0.25) is 0 Å². The van der Waals surface area contributed by atoms with Crippen LogP contribution in [0.25, 0.3) is 0 Å². The van der Waals surface area contributed by atoms with E-state index >= 15 is 0 Å². The molecule has 8 nitrogen and oxygen atoms in total. The van der Waals surface area contributed by atoms with Gasteiger partial charge in [0.05, 0.1) is 31.2 Å². The number of hydrogen-bond acceptors (Lipinski definition) is 5. The molecule has 1 unspecified atom stereocenters. The molecule has 1 aliphatic heterocycles. The van der Waals surface area contributed by atoms with Gasteiger partial charge in [-0.2, -0.15) is 10.2 Å². The zero-order valence-corrected chi connectivity index (χ0v) is 16.5. The maximum absolute atomic E-state index is 12.6. The number of anilines is 1.